The average Bonchev–Trinajstić information content (AvgIpc) is 2.23. The van der Waals surface area contributed by atoms with Crippen molar-refractivity contribution in [2.75, 3.05) is 12.3 Å². The van der Waals surface area contributed by atoms with Crippen molar-refractivity contribution in [2.24, 2.45) is 0 Å². The van der Waals surface area contributed by atoms with Gasteiger partial charge in [0.2, 0.25) is 0 Å². The van der Waals surface area contributed by atoms with Crippen LogP contribution >= 0.6 is 23.2 Å². The molecule has 1 rings (SSSR count). The molecule has 0 fully saturated rings. The zero-order chi connectivity index (χ0) is 12.1. The third-order valence-corrected chi connectivity index (χ3v) is 2.65. The fourth-order valence-corrected chi connectivity index (χ4v) is 1.54. The van der Waals surface area contributed by atoms with E-state index < -0.39 is 0 Å². The predicted octanol–water partition coefficient (Wildman–Crippen LogP) is 2.33. The number of hydrogen-bond acceptors (Lipinski definition) is 2. The summed E-state index contributed by atoms with van der Waals surface area (Å²) in [6.07, 6.45) is 5.52. The van der Waals surface area contributed by atoms with E-state index in [1.807, 2.05) is 0 Å². The highest BCUT2D eigenvalue weighted by Gasteiger charge is 2.13. The highest BCUT2D eigenvalue weighted by Crippen LogP contribution is 2.28. The number of carbonyl (C=O) groups excluding carboxylic acids is 1. The van der Waals surface area contributed by atoms with Gasteiger partial charge in [0.25, 0.3) is 5.91 Å². The molecule has 0 spiro atoms. The molecule has 1 aromatic rings. The van der Waals surface area contributed by atoms with Gasteiger partial charge in [0.15, 0.2) is 0 Å². The van der Waals surface area contributed by atoms with E-state index in [1.54, 1.807) is 0 Å². The zero-order valence-corrected chi connectivity index (χ0v) is 9.90. The molecule has 0 unspecified atom stereocenters. The molecule has 0 aromatic heterocycles. The first-order valence-corrected chi connectivity index (χ1v) is 5.28. The van der Waals surface area contributed by atoms with Crippen molar-refractivity contribution in [3.05, 3.63) is 27.7 Å². The van der Waals surface area contributed by atoms with E-state index >= 15 is 0 Å². The summed E-state index contributed by atoms with van der Waals surface area (Å²) < 4.78 is 0. The van der Waals surface area contributed by atoms with Crippen LogP contribution in [0.4, 0.5) is 5.69 Å². The molecular weight excluding hydrogens is 247 g/mol. The molecule has 1 amide bonds. The van der Waals surface area contributed by atoms with Crippen LogP contribution in [0.15, 0.2) is 12.1 Å². The number of anilines is 1. The lowest BCUT2D eigenvalue weighted by molar-refractivity contribution is 0.0955. The van der Waals surface area contributed by atoms with E-state index in [0.717, 1.165) is 0 Å². The maximum absolute atomic E-state index is 11.7. The van der Waals surface area contributed by atoms with Gasteiger partial charge < -0.3 is 11.1 Å². The summed E-state index contributed by atoms with van der Waals surface area (Å²) in [5, 5.41) is 3.06. The minimum atomic E-state index is -0.338. The van der Waals surface area contributed by atoms with Crippen molar-refractivity contribution in [1.82, 2.24) is 5.32 Å². The number of nitrogens with one attached hydrogen (secondary N) is 1. The third kappa shape index (κ3) is 3.06. The molecule has 0 aliphatic heterocycles. The fraction of sp³-hybridized carbons (Fsp3) is 0.182. The van der Waals surface area contributed by atoms with Crippen LogP contribution in [0.5, 0.6) is 0 Å². The topological polar surface area (TPSA) is 55.1 Å². The normalized spacial score (nSPS) is 9.56. The van der Waals surface area contributed by atoms with Gasteiger partial charge in [-0.25, -0.2) is 0 Å². The smallest absolute Gasteiger partial charge is 0.252 e. The Labute approximate surface area is 104 Å². The Balaban J connectivity index is 2.87. The van der Waals surface area contributed by atoms with Gasteiger partial charge in [-0.15, -0.1) is 12.3 Å². The van der Waals surface area contributed by atoms with Crippen LogP contribution in [0.25, 0.3) is 0 Å². The molecule has 3 nitrogen and oxygen atoms in total. The molecule has 16 heavy (non-hydrogen) atoms. The van der Waals surface area contributed by atoms with Gasteiger partial charge in [-0.3, -0.25) is 4.79 Å². The summed E-state index contributed by atoms with van der Waals surface area (Å²) in [6.45, 7) is 0.387. The third-order valence-electron chi connectivity index (χ3n) is 1.85. The molecule has 5 heteroatoms. The number of terminal acetylenes is 1. The number of carbonyl (C=O) groups is 1. The second kappa shape index (κ2) is 5.64. The number of halogens is 2. The van der Waals surface area contributed by atoms with Gasteiger partial charge in [0.05, 0.1) is 15.6 Å². The van der Waals surface area contributed by atoms with Crippen LogP contribution in [0, 0.1) is 12.3 Å². The first-order chi connectivity index (χ1) is 7.56. The lowest BCUT2D eigenvalue weighted by Gasteiger charge is -2.07. The number of rotatable bonds is 3. The van der Waals surface area contributed by atoms with Crippen molar-refractivity contribution < 1.29 is 4.79 Å². The molecule has 1 aromatic carbocycles. The monoisotopic (exact) mass is 256 g/mol. The van der Waals surface area contributed by atoms with E-state index in [0.29, 0.717) is 18.7 Å². The van der Waals surface area contributed by atoms with E-state index in [9.17, 15) is 4.79 Å². The SMILES string of the molecule is C#CCCNC(=O)c1cc(N)cc(Cl)c1Cl. The van der Waals surface area contributed by atoms with Crippen LogP contribution in [-0.4, -0.2) is 12.5 Å². The molecule has 0 aliphatic carbocycles. The van der Waals surface area contributed by atoms with E-state index in [1.165, 1.54) is 12.1 Å². The van der Waals surface area contributed by atoms with E-state index in [-0.39, 0.29) is 21.5 Å². The standard InChI is InChI=1S/C11H10Cl2N2O/c1-2-3-4-15-11(16)8-5-7(14)6-9(12)10(8)13/h1,5-6H,3-4,14H2,(H,15,16). The lowest BCUT2D eigenvalue weighted by Crippen LogP contribution is -2.24. The van der Waals surface area contributed by atoms with Crippen molar-refractivity contribution >= 4 is 34.8 Å². The Morgan fingerprint density at radius 3 is 2.81 bits per heavy atom. The van der Waals surface area contributed by atoms with Gasteiger partial charge in [-0.2, -0.15) is 0 Å². The highest BCUT2D eigenvalue weighted by atomic mass is 35.5. The molecule has 0 heterocycles. The summed E-state index contributed by atoms with van der Waals surface area (Å²) in [6, 6.07) is 2.96. The van der Waals surface area contributed by atoms with Gasteiger partial charge in [-0.1, -0.05) is 23.2 Å². The maximum Gasteiger partial charge on any atom is 0.252 e. The maximum atomic E-state index is 11.7. The van der Waals surface area contributed by atoms with Gasteiger partial charge in [-0.05, 0) is 12.1 Å². The lowest BCUT2D eigenvalue weighted by atomic mass is 10.2. The zero-order valence-electron chi connectivity index (χ0n) is 8.39. The molecule has 0 radical (unpaired) electrons. The van der Waals surface area contributed by atoms with Crippen molar-refractivity contribution in [3.8, 4) is 12.3 Å². The summed E-state index contributed by atoms with van der Waals surface area (Å²) in [5.74, 6) is 2.07. The second-order valence-electron chi connectivity index (χ2n) is 3.07. The molecule has 0 bridgehead atoms. The Morgan fingerprint density at radius 1 is 1.50 bits per heavy atom. The molecule has 0 saturated heterocycles. The van der Waals surface area contributed by atoms with Crippen LogP contribution in [0.3, 0.4) is 0 Å². The number of nitrogen functional groups attached to an aromatic ring is 1. The quantitative estimate of drug-likeness (QED) is 0.496. The molecule has 84 valence electrons. The van der Waals surface area contributed by atoms with Crippen molar-refractivity contribution in [2.45, 2.75) is 6.42 Å². The Bertz CT molecular complexity index is 452. The number of amides is 1. The first-order valence-electron chi connectivity index (χ1n) is 4.52. The summed E-state index contributed by atoms with van der Waals surface area (Å²) in [4.78, 5) is 11.7. The van der Waals surface area contributed by atoms with Crippen LogP contribution in [0.2, 0.25) is 10.0 Å². The Morgan fingerprint density at radius 2 is 2.19 bits per heavy atom. The van der Waals surface area contributed by atoms with Gasteiger partial charge in [0.1, 0.15) is 0 Å². The Kier molecular flexibility index (Phi) is 4.48. The molecule has 0 atom stereocenters. The Hall–Kier alpha value is -1.37. The molecule has 3 N–H and O–H groups in total. The fourth-order valence-electron chi connectivity index (χ4n) is 1.12. The largest absolute Gasteiger partial charge is 0.399 e. The van der Waals surface area contributed by atoms with Crippen LogP contribution in [0.1, 0.15) is 16.8 Å². The summed E-state index contributed by atoms with van der Waals surface area (Å²) in [5.41, 5.74) is 6.20. The summed E-state index contributed by atoms with van der Waals surface area (Å²) in [7, 11) is 0. The minimum absolute atomic E-state index is 0.189. The van der Waals surface area contributed by atoms with Crippen molar-refractivity contribution in [1.29, 1.82) is 0 Å². The van der Waals surface area contributed by atoms with E-state index in [4.69, 9.17) is 35.4 Å². The average molecular weight is 257 g/mol. The molecule has 0 aliphatic rings. The first kappa shape index (κ1) is 12.7. The predicted molar refractivity (Wildman–Crippen MR) is 66.7 cm³/mol. The number of nitrogens with two attached hydrogens (primary N) is 1. The highest BCUT2D eigenvalue weighted by molar-refractivity contribution is 6.44. The second-order valence-corrected chi connectivity index (χ2v) is 3.86. The van der Waals surface area contributed by atoms with E-state index in [2.05, 4.69) is 11.2 Å². The molecular formula is C11H10Cl2N2O. The number of hydrogen-bond donors (Lipinski definition) is 2. The van der Waals surface area contributed by atoms with Gasteiger partial charge in [0, 0.05) is 18.7 Å². The summed E-state index contributed by atoms with van der Waals surface area (Å²) >= 11 is 11.7. The van der Waals surface area contributed by atoms with Gasteiger partial charge >= 0.3 is 0 Å². The number of benzene rings is 1. The van der Waals surface area contributed by atoms with Crippen LogP contribution in [-0.2, 0) is 0 Å². The minimum Gasteiger partial charge on any atom is -0.399 e. The van der Waals surface area contributed by atoms with Crippen molar-refractivity contribution in [3.63, 3.8) is 0 Å². The molecule has 0 saturated carbocycles. The van der Waals surface area contributed by atoms with Crippen LogP contribution < -0.4 is 11.1 Å².